The second-order valence-corrected chi connectivity index (χ2v) is 3.23. The van der Waals surface area contributed by atoms with Gasteiger partial charge in [-0.05, 0) is 12.8 Å². The molecule has 0 nitrogen and oxygen atoms in total. The van der Waals surface area contributed by atoms with Gasteiger partial charge in [-0.3, -0.25) is 0 Å². The Bertz CT molecular complexity index is 166. The van der Waals surface area contributed by atoms with Crippen LogP contribution < -0.4 is 0 Å². The standard InChI is InChI=1S/C9H14/c1-6(2)9(5)7(3)8(9)4/h8H,1,3H2,2,4-5H3. The highest BCUT2D eigenvalue weighted by atomic mass is 14.5. The van der Waals surface area contributed by atoms with E-state index in [9.17, 15) is 0 Å². The van der Waals surface area contributed by atoms with Crippen molar-refractivity contribution in [3.63, 3.8) is 0 Å². The Morgan fingerprint density at radius 3 is 2.00 bits per heavy atom. The van der Waals surface area contributed by atoms with E-state index in [0.717, 1.165) is 0 Å². The monoisotopic (exact) mass is 122 g/mol. The second kappa shape index (κ2) is 1.50. The molecule has 50 valence electrons. The van der Waals surface area contributed by atoms with Crippen LogP contribution in [0, 0.1) is 11.3 Å². The molecule has 1 aliphatic carbocycles. The first-order valence-electron chi connectivity index (χ1n) is 3.36. The van der Waals surface area contributed by atoms with Gasteiger partial charge in [0.2, 0.25) is 0 Å². The summed E-state index contributed by atoms with van der Waals surface area (Å²) in [6.45, 7) is 14.4. The van der Waals surface area contributed by atoms with E-state index in [0.29, 0.717) is 5.92 Å². The third-order valence-electron chi connectivity index (χ3n) is 2.86. The highest BCUT2D eigenvalue weighted by Crippen LogP contribution is 2.60. The molecule has 0 aliphatic heterocycles. The highest BCUT2D eigenvalue weighted by molar-refractivity contribution is 5.42. The van der Waals surface area contributed by atoms with E-state index in [2.05, 4.69) is 33.9 Å². The third kappa shape index (κ3) is 0.592. The van der Waals surface area contributed by atoms with E-state index in [1.54, 1.807) is 0 Å². The molecule has 0 N–H and O–H groups in total. The van der Waals surface area contributed by atoms with Crippen molar-refractivity contribution >= 4 is 0 Å². The van der Waals surface area contributed by atoms with Gasteiger partial charge in [0.1, 0.15) is 0 Å². The maximum atomic E-state index is 3.96. The average molecular weight is 122 g/mol. The van der Waals surface area contributed by atoms with Crippen LogP contribution in [-0.4, -0.2) is 0 Å². The molecule has 0 amide bonds. The Morgan fingerprint density at radius 1 is 1.67 bits per heavy atom. The molecule has 2 atom stereocenters. The number of rotatable bonds is 1. The summed E-state index contributed by atoms with van der Waals surface area (Å²) in [7, 11) is 0. The van der Waals surface area contributed by atoms with Crippen LogP contribution in [0.3, 0.4) is 0 Å². The molecular weight excluding hydrogens is 108 g/mol. The summed E-state index contributed by atoms with van der Waals surface area (Å²) in [6.07, 6.45) is 0. The van der Waals surface area contributed by atoms with Crippen molar-refractivity contribution in [1.29, 1.82) is 0 Å². The summed E-state index contributed by atoms with van der Waals surface area (Å²) in [4.78, 5) is 0. The molecule has 0 spiro atoms. The van der Waals surface area contributed by atoms with Gasteiger partial charge < -0.3 is 0 Å². The van der Waals surface area contributed by atoms with Crippen molar-refractivity contribution in [2.24, 2.45) is 11.3 Å². The van der Waals surface area contributed by atoms with Crippen molar-refractivity contribution in [2.45, 2.75) is 20.8 Å². The Hall–Kier alpha value is -0.520. The van der Waals surface area contributed by atoms with Gasteiger partial charge in [-0.15, -0.1) is 0 Å². The van der Waals surface area contributed by atoms with Gasteiger partial charge in [-0.25, -0.2) is 0 Å². The normalized spacial score (nSPS) is 40.8. The van der Waals surface area contributed by atoms with Crippen LogP contribution in [0.2, 0.25) is 0 Å². The molecule has 9 heavy (non-hydrogen) atoms. The molecule has 0 bridgehead atoms. The largest absolute Gasteiger partial charge is 0.0992 e. The minimum atomic E-state index is 0.278. The fraction of sp³-hybridized carbons (Fsp3) is 0.556. The van der Waals surface area contributed by atoms with Crippen molar-refractivity contribution < 1.29 is 0 Å². The SMILES string of the molecule is C=C(C)C1(C)C(=C)C1C. The van der Waals surface area contributed by atoms with Crippen molar-refractivity contribution in [2.75, 3.05) is 0 Å². The summed E-state index contributed by atoms with van der Waals surface area (Å²) < 4.78 is 0. The van der Waals surface area contributed by atoms with E-state index in [1.807, 2.05) is 0 Å². The zero-order chi connectivity index (χ0) is 7.23. The Morgan fingerprint density at radius 2 is 2.00 bits per heavy atom. The number of hydrogen-bond acceptors (Lipinski definition) is 0. The van der Waals surface area contributed by atoms with Crippen molar-refractivity contribution in [3.05, 3.63) is 24.3 Å². The Balaban J connectivity index is 2.83. The fourth-order valence-corrected chi connectivity index (χ4v) is 1.36. The predicted octanol–water partition coefficient (Wildman–Crippen LogP) is 2.77. The lowest BCUT2D eigenvalue weighted by atomic mass is 9.98. The smallest absolute Gasteiger partial charge is 0.0150 e. The van der Waals surface area contributed by atoms with Crippen LogP contribution in [0.5, 0.6) is 0 Å². The molecule has 0 aromatic rings. The maximum absolute atomic E-state index is 3.96. The molecule has 2 unspecified atom stereocenters. The molecule has 0 heteroatoms. The van der Waals surface area contributed by atoms with Gasteiger partial charge in [0.05, 0.1) is 0 Å². The molecule has 0 aromatic heterocycles. The first-order chi connectivity index (χ1) is 4.01. The minimum absolute atomic E-state index is 0.278. The average Bonchev–Trinajstić information content (AvgIpc) is 2.22. The van der Waals surface area contributed by atoms with E-state index >= 15 is 0 Å². The molecule has 0 radical (unpaired) electrons. The predicted molar refractivity (Wildman–Crippen MR) is 41.2 cm³/mol. The van der Waals surface area contributed by atoms with E-state index in [4.69, 9.17) is 0 Å². The van der Waals surface area contributed by atoms with Crippen LogP contribution in [0.25, 0.3) is 0 Å². The molecule has 1 fully saturated rings. The number of allylic oxidation sites excluding steroid dienone is 2. The lowest BCUT2D eigenvalue weighted by Crippen LogP contribution is -1.95. The summed E-state index contributed by atoms with van der Waals surface area (Å²) in [5.41, 5.74) is 2.87. The Labute approximate surface area is 57.3 Å². The number of hydrogen-bond donors (Lipinski definition) is 0. The van der Waals surface area contributed by atoms with Gasteiger partial charge in [0.25, 0.3) is 0 Å². The molecule has 1 aliphatic rings. The molecular formula is C9H14. The first kappa shape index (κ1) is 6.60. The molecule has 1 rings (SSSR count). The van der Waals surface area contributed by atoms with Crippen LogP contribution in [-0.2, 0) is 0 Å². The van der Waals surface area contributed by atoms with Crippen molar-refractivity contribution in [1.82, 2.24) is 0 Å². The van der Waals surface area contributed by atoms with Gasteiger partial charge in [-0.1, -0.05) is 38.2 Å². The zero-order valence-corrected chi connectivity index (χ0v) is 6.49. The molecule has 0 heterocycles. The van der Waals surface area contributed by atoms with E-state index in [1.165, 1.54) is 11.1 Å². The quantitative estimate of drug-likeness (QED) is 0.469. The molecule has 0 saturated heterocycles. The van der Waals surface area contributed by atoms with Gasteiger partial charge >= 0.3 is 0 Å². The molecule has 0 aromatic carbocycles. The van der Waals surface area contributed by atoms with Crippen LogP contribution in [0.15, 0.2) is 24.3 Å². The zero-order valence-electron chi connectivity index (χ0n) is 6.49. The maximum Gasteiger partial charge on any atom is 0.0150 e. The topological polar surface area (TPSA) is 0 Å². The highest BCUT2D eigenvalue weighted by Gasteiger charge is 2.51. The lowest BCUT2D eigenvalue weighted by molar-refractivity contribution is 0.630. The van der Waals surface area contributed by atoms with Gasteiger partial charge in [0.15, 0.2) is 0 Å². The van der Waals surface area contributed by atoms with Crippen molar-refractivity contribution in [3.8, 4) is 0 Å². The Kier molecular flexibility index (Phi) is 1.10. The van der Waals surface area contributed by atoms with E-state index in [-0.39, 0.29) is 5.41 Å². The summed E-state index contributed by atoms with van der Waals surface area (Å²) in [5, 5.41) is 0. The summed E-state index contributed by atoms with van der Waals surface area (Å²) in [6, 6.07) is 0. The second-order valence-electron chi connectivity index (χ2n) is 3.23. The first-order valence-corrected chi connectivity index (χ1v) is 3.36. The summed E-state index contributed by atoms with van der Waals surface area (Å²) >= 11 is 0. The fourth-order valence-electron chi connectivity index (χ4n) is 1.36. The van der Waals surface area contributed by atoms with Crippen LogP contribution in [0.4, 0.5) is 0 Å². The van der Waals surface area contributed by atoms with Crippen LogP contribution in [0.1, 0.15) is 20.8 Å². The third-order valence-corrected chi connectivity index (χ3v) is 2.86. The van der Waals surface area contributed by atoms with Gasteiger partial charge in [-0.2, -0.15) is 0 Å². The van der Waals surface area contributed by atoms with Crippen LogP contribution >= 0.6 is 0 Å². The van der Waals surface area contributed by atoms with Gasteiger partial charge in [0, 0.05) is 5.41 Å². The minimum Gasteiger partial charge on any atom is -0.0992 e. The molecule has 1 saturated carbocycles. The summed E-state index contributed by atoms with van der Waals surface area (Å²) in [5.74, 6) is 0.662. The lowest BCUT2D eigenvalue weighted by Gasteiger charge is -2.05. The van der Waals surface area contributed by atoms with E-state index < -0.39 is 0 Å².